The molecule has 0 radical (unpaired) electrons. The van der Waals surface area contributed by atoms with Gasteiger partial charge in [0.25, 0.3) is 0 Å². The highest BCUT2D eigenvalue weighted by atomic mass is 32.2. The van der Waals surface area contributed by atoms with Crippen LogP contribution in [-0.2, 0) is 4.74 Å². The standard InChI is InChI=1S/C18H36N4OS/c1-4-10-22-11-6-16(7-12-22)21-17(19-3)20-15-18(24-5-2)8-13-23-14-9-18/h16H,4-15H2,1-3H3,(H2,19,20,21). The van der Waals surface area contributed by atoms with E-state index < -0.39 is 0 Å². The summed E-state index contributed by atoms with van der Waals surface area (Å²) in [6.45, 7) is 10.9. The largest absolute Gasteiger partial charge is 0.381 e. The van der Waals surface area contributed by atoms with Crippen LogP contribution in [0, 0.1) is 0 Å². The van der Waals surface area contributed by atoms with Crippen LogP contribution in [0.4, 0.5) is 0 Å². The number of hydrogen-bond acceptors (Lipinski definition) is 4. The number of piperidine rings is 1. The van der Waals surface area contributed by atoms with Crippen LogP contribution >= 0.6 is 11.8 Å². The Morgan fingerprint density at radius 1 is 1.25 bits per heavy atom. The average Bonchev–Trinajstić information content (AvgIpc) is 2.61. The Morgan fingerprint density at radius 3 is 2.54 bits per heavy atom. The number of guanidine groups is 1. The van der Waals surface area contributed by atoms with Gasteiger partial charge in [-0.3, -0.25) is 4.99 Å². The molecule has 5 nitrogen and oxygen atoms in total. The van der Waals surface area contributed by atoms with Gasteiger partial charge >= 0.3 is 0 Å². The molecule has 0 aromatic carbocycles. The maximum Gasteiger partial charge on any atom is 0.191 e. The van der Waals surface area contributed by atoms with Crippen LogP contribution < -0.4 is 10.6 Å². The summed E-state index contributed by atoms with van der Waals surface area (Å²) >= 11 is 2.07. The van der Waals surface area contributed by atoms with Crippen LogP contribution in [0.15, 0.2) is 4.99 Å². The quantitative estimate of drug-likeness (QED) is 0.542. The second-order valence-electron chi connectivity index (χ2n) is 6.91. The van der Waals surface area contributed by atoms with E-state index in [0.29, 0.717) is 10.8 Å². The SMILES string of the molecule is CCCN1CCC(NC(=NC)NCC2(SCC)CCOCC2)CC1. The number of nitrogens with one attached hydrogen (secondary N) is 2. The lowest BCUT2D eigenvalue weighted by Crippen LogP contribution is -2.52. The smallest absolute Gasteiger partial charge is 0.191 e. The van der Waals surface area contributed by atoms with Crippen molar-refractivity contribution in [3.8, 4) is 0 Å². The predicted molar refractivity (Wildman–Crippen MR) is 105 cm³/mol. The van der Waals surface area contributed by atoms with Gasteiger partial charge in [-0.05, 0) is 44.4 Å². The van der Waals surface area contributed by atoms with Crippen LogP contribution in [0.1, 0.15) is 46.0 Å². The third-order valence-electron chi connectivity index (χ3n) is 5.12. The molecule has 2 N–H and O–H groups in total. The van der Waals surface area contributed by atoms with Crippen LogP contribution in [-0.4, -0.2) is 73.8 Å². The highest BCUT2D eigenvalue weighted by Gasteiger charge is 2.33. The Labute approximate surface area is 152 Å². The molecule has 0 bridgehead atoms. The van der Waals surface area contributed by atoms with E-state index in [-0.39, 0.29) is 0 Å². The zero-order valence-corrected chi connectivity index (χ0v) is 16.6. The summed E-state index contributed by atoms with van der Waals surface area (Å²) in [4.78, 5) is 7.03. The van der Waals surface area contributed by atoms with E-state index in [1.165, 1.54) is 38.9 Å². The van der Waals surface area contributed by atoms with Crippen LogP contribution in [0.25, 0.3) is 0 Å². The van der Waals surface area contributed by atoms with Crippen molar-refractivity contribution in [2.45, 2.75) is 56.7 Å². The fourth-order valence-electron chi connectivity index (χ4n) is 3.67. The zero-order chi connectivity index (χ0) is 17.3. The molecule has 0 aliphatic carbocycles. The van der Waals surface area contributed by atoms with Crippen molar-refractivity contribution in [3.05, 3.63) is 0 Å². The number of hydrogen-bond donors (Lipinski definition) is 2. The van der Waals surface area contributed by atoms with E-state index in [2.05, 4.69) is 46.1 Å². The molecule has 0 saturated carbocycles. The number of likely N-dealkylation sites (tertiary alicyclic amines) is 1. The lowest BCUT2D eigenvalue weighted by molar-refractivity contribution is 0.0781. The molecule has 0 amide bonds. The lowest BCUT2D eigenvalue weighted by atomic mass is 9.99. The molecule has 0 aromatic rings. The van der Waals surface area contributed by atoms with Crippen molar-refractivity contribution < 1.29 is 4.74 Å². The minimum atomic E-state index is 0.301. The van der Waals surface area contributed by atoms with Gasteiger partial charge < -0.3 is 20.3 Å². The molecule has 2 rings (SSSR count). The summed E-state index contributed by atoms with van der Waals surface area (Å²) in [5, 5.41) is 7.24. The summed E-state index contributed by atoms with van der Waals surface area (Å²) in [7, 11) is 1.88. The first-order valence-corrected chi connectivity index (χ1v) is 10.6. The van der Waals surface area contributed by atoms with Gasteiger partial charge in [-0.1, -0.05) is 13.8 Å². The molecule has 0 unspecified atom stereocenters. The first kappa shape index (κ1) is 19.9. The highest BCUT2D eigenvalue weighted by Crippen LogP contribution is 2.34. The minimum absolute atomic E-state index is 0.301. The van der Waals surface area contributed by atoms with Gasteiger partial charge in [0.2, 0.25) is 0 Å². The molecule has 2 aliphatic rings. The van der Waals surface area contributed by atoms with E-state index >= 15 is 0 Å². The number of rotatable bonds is 7. The van der Waals surface area contributed by atoms with Crippen molar-refractivity contribution in [3.63, 3.8) is 0 Å². The van der Waals surface area contributed by atoms with Gasteiger partial charge in [0, 0.05) is 50.7 Å². The third kappa shape index (κ3) is 6.12. The lowest BCUT2D eigenvalue weighted by Gasteiger charge is -2.37. The molecule has 2 heterocycles. The van der Waals surface area contributed by atoms with E-state index in [1.54, 1.807) is 0 Å². The Morgan fingerprint density at radius 2 is 1.96 bits per heavy atom. The Bertz CT molecular complexity index is 372. The van der Waals surface area contributed by atoms with Crippen molar-refractivity contribution in [2.24, 2.45) is 4.99 Å². The van der Waals surface area contributed by atoms with Gasteiger partial charge in [-0.2, -0.15) is 11.8 Å². The summed E-state index contributed by atoms with van der Waals surface area (Å²) < 4.78 is 5.86. The van der Waals surface area contributed by atoms with E-state index in [4.69, 9.17) is 4.74 Å². The minimum Gasteiger partial charge on any atom is -0.381 e. The Balaban J connectivity index is 1.77. The van der Waals surface area contributed by atoms with Gasteiger partial charge in [0.15, 0.2) is 5.96 Å². The molecule has 0 aromatic heterocycles. The zero-order valence-electron chi connectivity index (χ0n) is 15.8. The third-order valence-corrected chi connectivity index (χ3v) is 6.58. The number of ether oxygens (including phenoxy) is 1. The van der Waals surface area contributed by atoms with E-state index in [9.17, 15) is 0 Å². The molecular weight excluding hydrogens is 320 g/mol. The molecule has 2 fully saturated rings. The van der Waals surface area contributed by atoms with E-state index in [1.807, 2.05) is 7.05 Å². The Hall–Kier alpha value is -0.460. The topological polar surface area (TPSA) is 48.9 Å². The number of aliphatic imine (C=N–C) groups is 1. The number of thioether (sulfide) groups is 1. The fraction of sp³-hybridized carbons (Fsp3) is 0.944. The summed E-state index contributed by atoms with van der Waals surface area (Å²) in [5.74, 6) is 2.12. The molecule has 6 heteroatoms. The monoisotopic (exact) mass is 356 g/mol. The molecule has 24 heavy (non-hydrogen) atoms. The average molecular weight is 357 g/mol. The summed E-state index contributed by atoms with van der Waals surface area (Å²) in [5.41, 5.74) is 0. The van der Waals surface area contributed by atoms with Crippen LogP contribution in [0.5, 0.6) is 0 Å². The highest BCUT2D eigenvalue weighted by molar-refractivity contribution is 8.00. The van der Waals surface area contributed by atoms with Crippen LogP contribution in [0.2, 0.25) is 0 Å². The van der Waals surface area contributed by atoms with Crippen molar-refractivity contribution in [1.29, 1.82) is 0 Å². The van der Waals surface area contributed by atoms with Crippen molar-refractivity contribution >= 4 is 17.7 Å². The molecule has 0 atom stereocenters. The molecule has 2 aliphatic heterocycles. The van der Waals surface area contributed by atoms with Crippen molar-refractivity contribution in [2.75, 3.05) is 52.2 Å². The van der Waals surface area contributed by atoms with Gasteiger partial charge in [0.1, 0.15) is 0 Å². The van der Waals surface area contributed by atoms with Gasteiger partial charge in [-0.15, -0.1) is 0 Å². The molecule has 0 spiro atoms. The Kier molecular flexibility index (Phi) is 8.70. The second-order valence-corrected chi connectivity index (χ2v) is 8.65. The molecule has 140 valence electrons. The maximum atomic E-state index is 5.56. The second kappa shape index (κ2) is 10.5. The summed E-state index contributed by atoms with van der Waals surface area (Å²) in [6.07, 6.45) is 5.94. The first-order chi connectivity index (χ1) is 11.7. The molecular formula is C18H36N4OS. The fourth-order valence-corrected chi connectivity index (χ4v) is 4.91. The van der Waals surface area contributed by atoms with Crippen LogP contribution in [0.3, 0.4) is 0 Å². The predicted octanol–water partition coefficient (Wildman–Crippen LogP) is 2.33. The maximum absolute atomic E-state index is 5.56. The number of nitrogens with zero attached hydrogens (tertiary/aromatic N) is 2. The van der Waals surface area contributed by atoms with Gasteiger partial charge in [0.05, 0.1) is 0 Å². The molecule has 2 saturated heterocycles. The van der Waals surface area contributed by atoms with Crippen molar-refractivity contribution in [1.82, 2.24) is 15.5 Å². The first-order valence-electron chi connectivity index (χ1n) is 9.62. The normalized spacial score (nSPS) is 23.2. The summed E-state index contributed by atoms with van der Waals surface area (Å²) in [6, 6.07) is 0.550. The van der Waals surface area contributed by atoms with Gasteiger partial charge in [-0.25, -0.2) is 0 Å². The van der Waals surface area contributed by atoms with E-state index in [0.717, 1.165) is 44.3 Å².